The average molecular weight is 271 g/mol. The second kappa shape index (κ2) is 4.18. The van der Waals surface area contributed by atoms with E-state index in [0.717, 1.165) is 13.0 Å². The lowest BCUT2D eigenvalue weighted by Gasteiger charge is -2.15. The third kappa shape index (κ3) is 2.12. The van der Waals surface area contributed by atoms with E-state index in [2.05, 4.69) is 20.9 Å². The summed E-state index contributed by atoms with van der Waals surface area (Å²) in [6, 6.07) is 1.54. The van der Waals surface area contributed by atoms with Gasteiger partial charge in [0.2, 0.25) is 0 Å². The smallest absolute Gasteiger partial charge is 0.257 e. The molecule has 1 fully saturated rings. The molecule has 1 aromatic rings. The standard InChI is InChI=1S/C10H11BrN2O2/c11-7-2-4-13(6-7)10(15)8-1-3-12-5-9(8)14/h1,3,5,7,14H,2,4,6H2. The van der Waals surface area contributed by atoms with E-state index in [1.807, 2.05) is 0 Å². The van der Waals surface area contributed by atoms with Crippen LogP contribution in [0.5, 0.6) is 5.75 Å². The molecule has 1 N–H and O–H groups in total. The number of aromatic nitrogens is 1. The first-order valence-corrected chi connectivity index (χ1v) is 5.66. The molecule has 1 unspecified atom stereocenters. The molecule has 80 valence electrons. The molecule has 1 amide bonds. The van der Waals surface area contributed by atoms with Crippen molar-refractivity contribution in [2.24, 2.45) is 0 Å². The van der Waals surface area contributed by atoms with Crippen LogP contribution in [0, 0.1) is 0 Å². The Kier molecular flexibility index (Phi) is 2.90. The minimum atomic E-state index is -0.128. The van der Waals surface area contributed by atoms with Crippen molar-refractivity contribution >= 4 is 21.8 Å². The molecule has 2 heterocycles. The lowest BCUT2D eigenvalue weighted by Crippen LogP contribution is -2.28. The normalized spacial score (nSPS) is 20.6. The van der Waals surface area contributed by atoms with Gasteiger partial charge in [0.1, 0.15) is 5.75 Å². The lowest BCUT2D eigenvalue weighted by atomic mass is 10.2. The van der Waals surface area contributed by atoms with Gasteiger partial charge in [-0.3, -0.25) is 9.78 Å². The predicted octanol–water partition coefficient (Wildman–Crippen LogP) is 1.40. The number of aromatic hydroxyl groups is 1. The molecule has 1 aromatic heterocycles. The van der Waals surface area contributed by atoms with Gasteiger partial charge in [0, 0.05) is 24.1 Å². The van der Waals surface area contributed by atoms with E-state index >= 15 is 0 Å². The van der Waals surface area contributed by atoms with Crippen LogP contribution in [-0.2, 0) is 0 Å². The lowest BCUT2D eigenvalue weighted by molar-refractivity contribution is 0.0790. The zero-order valence-electron chi connectivity index (χ0n) is 8.06. The summed E-state index contributed by atoms with van der Waals surface area (Å²) in [6.45, 7) is 1.43. The van der Waals surface area contributed by atoms with Gasteiger partial charge in [-0.25, -0.2) is 0 Å². The largest absolute Gasteiger partial charge is 0.505 e. The zero-order valence-corrected chi connectivity index (χ0v) is 9.64. The van der Waals surface area contributed by atoms with Crippen LogP contribution in [0.3, 0.4) is 0 Å². The van der Waals surface area contributed by atoms with Gasteiger partial charge in [0.25, 0.3) is 5.91 Å². The molecular formula is C10H11BrN2O2. The molecule has 0 aromatic carbocycles. The summed E-state index contributed by atoms with van der Waals surface area (Å²) in [5.74, 6) is -0.183. The molecule has 0 bridgehead atoms. The summed E-state index contributed by atoms with van der Waals surface area (Å²) < 4.78 is 0. The van der Waals surface area contributed by atoms with Crippen molar-refractivity contribution in [2.75, 3.05) is 13.1 Å². The van der Waals surface area contributed by atoms with Crippen molar-refractivity contribution in [3.05, 3.63) is 24.0 Å². The number of amides is 1. The maximum absolute atomic E-state index is 11.9. The van der Waals surface area contributed by atoms with Crippen LogP contribution in [0.4, 0.5) is 0 Å². The second-order valence-corrected chi connectivity index (χ2v) is 4.82. The van der Waals surface area contributed by atoms with Crippen LogP contribution in [0.2, 0.25) is 0 Å². The highest BCUT2D eigenvalue weighted by Crippen LogP contribution is 2.22. The highest BCUT2D eigenvalue weighted by molar-refractivity contribution is 9.09. The highest BCUT2D eigenvalue weighted by Gasteiger charge is 2.26. The zero-order chi connectivity index (χ0) is 10.8. The summed E-state index contributed by atoms with van der Waals surface area (Å²) in [5, 5.41) is 9.49. The number of halogens is 1. The Morgan fingerprint density at radius 3 is 3.07 bits per heavy atom. The molecule has 1 aliphatic rings. The Morgan fingerprint density at radius 2 is 2.47 bits per heavy atom. The Labute approximate surface area is 96.1 Å². The van der Waals surface area contributed by atoms with Gasteiger partial charge in [0.05, 0.1) is 11.8 Å². The topological polar surface area (TPSA) is 53.4 Å². The predicted molar refractivity (Wildman–Crippen MR) is 59.1 cm³/mol. The summed E-state index contributed by atoms with van der Waals surface area (Å²) in [7, 11) is 0. The summed E-state index contributed by atoms with van der Waals surface area (Å²) in [4.78, 5) is 17.8. The van der Waals surface area contributed by atoms with Crippen LogP contribution in [0.15, 0.2) is 18.5 Å². The molecule has 1 saturated heterocycles. The molecule has 2 rings (SSSR count). The number of alkyl halides is 1. The van der Waals surface area contributed by atoms with Gasteiger partial charge in [-0.15, -0.1) is 0 Å². The van der Waals surface area contributed by atoms with Crippen molar-refractivity contribution in [3.8, 4) is 5.75 Å². The summed E-state index contributed by atoms with van der Waals surface area (Å²) >= 11 is 3.47. The Morgan fingerprint density at radius 1 is 1.67 bits per heavy atom. The Hall–Kier alpha value is -1.10. The minimum absolute atomic E-state index is 0.0551. The van der Waals surface area contributed by atoms with E-state index in [1.54, 1.807) is 11.0 Å². The van der Waals surface area contributed by atoms with Crippen molar-refractivity contribution in [1.82, 2.24) is 9.88 Å². The van der Waals surface area contributed by atoms with Crippen LogP contribution in [0.25, 0.3) is 0 Å². The van der Waals surface area contributed by atoms with Gasteiger partial charge < -0.3 is 10.0 Å². The molecule has 0 aliphatic carbocycles. The molecule has 5 heteroatoms. The first-order chi connectivity index (χ1) is 7.18. The van der Waals surface area contributed by atoms with Crippen molar-refractivity contribution in [3.63, 3.8) is 0 Å². The molecule has 1 aliphatic heterocycles. The van der Waals surface area contributed by atoms with Crippen LogP contribution in [-0.4, -0.2) is 38.8 Å². The maximum atomic E-state index is 11.9. The minimum Gasteiger partial charge on any atom is -0.505 e. The number of carbonyl (C=O) groups is 1. The van der Waals surface area contributed by atoms with E-state index in [9.17, 15) is 9.90 Å². The van der Waals surface area contributed by atoms with Crippen LogP contribution >= 0.6 is 15.9 Å². The summed E-state index contributed by atoms with van der Waals surface area (Å²) in [5.41, 5.74) is 0.326. The first-order valence-electron chi connectivity index (χ1n) is 4.75. The van der Waals surface area contributed by atoms with E-state index in [1.165, 1.54) is 12.4 Å². The van der Waals surface area contributed by atoms with E-state index in [4.69, 9.17) is 0 Å². The van der Waals surface area contributed by atoms with E-state index in [0.29, 0.717) is 16.9 Å². The van der Waals surface area contributed by atoms with Crippen LogP contribution in [0.1, 0.15) is 16.8 Å². The van der Waals surface area contributed by atoms with Gasteiger partial charge >= 0.3 is 0 Å². The quantitative estimate of drug-likeness (QED) is 0.785. The Bertz CT molecular complexity index is 383. The number of rotatable bonds is 1. The third-order valence-corrected chi connectivity index (χ3v) is 3.20. The van der Waals surface area contributed by atoms with Gasteiger partial charge in [-0.05, 0) is 12.5 Å². The fourth-order valence-corrected chi connectivity index (χ4v) is 2.19. The van der Waals surface area contributed by atoms with E-state index in [-0.39, 0.29) is 11.7 Å². The molecular weight excluding hydrogens is 260 g/mol. The van der Waals surface area contributed by atoms with E-state index < -0.39 is 0 Å². The first kappa shape index (κ1) is 10.4. The van der Waals surface area contributed by atoms with Crippen molar-refractivity contribution < 1.29 is 9.90 Å². The van der Waals surface area contributed by atoms with Gasteiger partial charge in [-0.2, -0.15) is 0 Å². The Balaban J connectivity index is 2.18. The number of pyridine rings is 1. The molecule has 4 nitrogen and oxygen atoms in total. The monoisotopic (exact) mass is 270 g/mol. The fraction of sp³-hybridized carbons (Fsp3) is 0.400. The average Bonchev–Trinajstić information content (AvgIpc) is 2.65. The molecule has 0 saturated carbocycles. The number of likely N-dealkylation sites (tertiary alicyclic amines) is 1. The number of carbonyl (C=O) groups excluding carboxylic acids is 1. The maximum Gasteiger partial charge on any atom is 0.257 e. The summed E-state index contributed by atoms with van der Waals surface area (Å²) in [6.07, 6.45) is 3.75. The van der Waals surface area contributed by atoms with Crippen molar-refractivity contribution in [2.45, 2.75) is 11.2 Å². The third-order valence-electron chi connectivity index (χ3n) is 2.45. The van der Waals surface area contributed by atoms with Crippen LogP contribution < -0.4 is 0 Å². The van der Waals surface area contributed by atoms with Crippen molar-refractivity contribution in [1.29, 1.82) is 0 Å². The molecule has 15 heavy (non-hydrogen) atoms. The fourth-order valence-electron chi connectivity index (χ4n) is 1.64. The number of hydrogen-bond acceptors (Lipinski definition) is 3. The molecule has 1 atom stereocenters. The highest BCUT2D eigenvalue weighted by atomic mass is 79.9. The SMILES string of the molecule is O=C(c1ccncc1O)N1CCC(Br)C1. The number of hydrogen-bond donors (Lipinski definition) is 1. The molecule has 0 radical (unpaired) electrons. The van der Waals surface area contributed by atoms with Gasteiger partial charge in [0.15, 0.2) is 0 Å². The second-order valence-electron chi connectivity index (χ2n) is 3.53. The number of nitrogens with zero attached hydrogens (tertiary/aromatic N) is 2. The van der Waals surface area contributed by atoms with Gasteiger partial charge in [-0.1, -0.05) is 15.9 Å². The molecule has 0 spiro atoms.